The molecule has 2 aromatic rings. The minimum atomic E-state index is -0.184. The number of nitrogens with zero attached hydrogens (tertiary/aromatic N) is 2. The number of amides is 1. The fraction of sp³-hybridized carbons (Fsp3) is 0.308. The molecule has 0 radical (unpaired) electrons. The molecule has 5 heteroatoms. The Bertz CT molecular complexity index is 495. The number of carbonyl (C=O) groups is 1. The molecule has 0 saturated heterocycles. The molecular formula is C13H16N4O. The number of carbonyl (C=O) groups excluding carboxylic acids is 1. The lowest BCUT2D eigenvalue weighted by atomic mass is 10.0. The van der Waals surface area contributed by atoms with E-state index >= 15 is 0 Å². The second-order valence-corrected chi connectivity index (χ2v) is 4.23. The largest absolute Gasteiger partial charge is 0.346 e. The third kappa shape index (κ3) is 2.74. The highest BCUT2D eigenvalue weighted by molar-refractivity contribution is 5.83. The summed E-state index contributed by atoms with van der Waals surface area (Å²) in [4.78, 5) is 16.1. The van der Waals surface area contributed by atoms with E-state index in [1.807, 2.05) is 44.2 Å². The first kappa shape index (κ1) is 12.3. The molecule has 0 fully saturated rings. The van der Waals surface area contributed by atoms with Crippen molar-refractivity contribution in [3.8, 4) is 0 Å². The summed E-state index contributed by atoms with van der Waals surface area (Å²) < 4.78 is 0. The number of hydrogen-bond acceptors (Lipinski definition) is 3. The molecule has 2 unspecified atom stereocenters. The third-order valence-electron chi connectivity index (χ3n) is 2.90. The predicted octanol–water partition coefficient (Wildman–Crippen LogP) is 1.79. The van der Waals surface area contributed by atoms with Crippen molar-refractivity contribution in [1.29, 1.82) is 0 Å². The zero-order chi connectivity index (χ0) is 13.0. The van der Waals surface area contributed by atoms with E-state index in [1.54, 1.807) is 0 Å². The smallest absolute Gasteiger partial charge is 0.227 e. The Hall–Kier alpha value is -2.17. The lowest BCUT2D eigenvalue weighted by molar-refractivity contribution is -0.122. The minimum absolute atomic E-state index is 0.0231. The third-order valence-corrected chi connectivity index (χ3v) is 2.90. The number of nitrogens with one attached hydrogen (secondary N) is 2. The van der Waals surface area contributed by atoms with Crippen LogP contribution in [0.1, 0.15) is 37.2 Å². The van der Waals surface area contributed by atoms with Gasteiger partial charge >= 0.3 is 0 Å². The number of rotatable bonds is 4. The van der Waals surface area contributed by atoms with Crippen LogP contribution in [-0.2, 0) is 4.79 Å². The van der Waals surface area contributed by atoms with E-state index in [-0.39, 0.29) is 17.9 Å². The van der Waals surface area contributed by atoms with E-state index in [1.165, 1.54) is 6.33 Å². The predicted molar refractivity (Wildman–Crippen MR) is 67.8 cm³/mol. The molecule has 1 aromatic heterocycles. The zero-order valence-electron chi connectivity index (χ0n) is 10.4. The first-order chi connectivity index (χ1) is 8.68. The van der Waals surface area contributed by atoms with Gasteiger partial charge in [-0.05, 0) is 19.4 Å². The highest BCUT2D eigenvalue weighted by atomic mass is 16.1. The molecule has 1 aromatic carbocycles. The summed E-state index contributed by atoms with van der Waals surface area (Å²) in [7, 11) is 0. The van der Waals surface area contributed by atoms with Gasteiger partial charge in [-0.3, -0.25) is 9.89 Å². The van der Waals surface area contributed by atoms with Gasteiger partial charge in [-0.2, -0.15) is 5.10 Å². The van der Waals surface area contributed by atoms with Crippen LogP contribution in [0.4, 0.5) is 0 Å². The molecule has 1 amide bonds. The van der Waals surface area contributed by atoms with Crippen molar-refractivity contribution in [3.63, 3.8) is 0 Å². The molecule has 0 bridgehead atoms. The maximum Gasteiger partial charge on any atom is 0.227 e. The molecule has 0 spiro atoms. The maximum atomic E-state index is 12.1. The summed E-state index contributed by atoms with van der Waals surface area (Å²) in [5.41, 5.74) is 1.000. The highest BCUT2D eigenvalue weighted by Gasteiger charge is 2.18. The standard InChI is InChI=1S/C13H16N4O/c1-9(11-6-4-3-5-7-11)13(18)16-10(2)12-14-8-15-17-12/h3-10H,1-2H3,(H,16,18)(H,14,15,17). The second kappa shape index (κ2) is 5.44. The topological polar surface area (TPSA) is 70.7 Å². The first-order valence-electron chi connectivity index (χ1n) is 5.89. The lowest BCUT2D eigenvalue weighted by Gasteiger charge is -2.16. The number of aromatic amines is 1. The van der Waals surface area contributed by atoms with E-state index in [0.717, 1.165) is 5.56 Å². The van der Waals surface area contributed by atoms with Gasteiger partial charge in [-0.15, -0.1) is 0 Å². The summed E-state index contributed by atoms with van der Waals surface area (Å²) in [5, 5.41) is 9.42. The van der Waals surface area contributed by atoms with Crippen molar-refractivity contribution in [2.24, 2.45) is 0 Å². The molecule has 0 aliphatic heterocycles. The number of hydrogen-bond donors (Lipinski definition) is 2. The van der Waals surface area contributed by atoms with Gasteiger partial charge in [0.25, 0.3) is 0 Å². The van der Waals surface area contributed by atoms with E-state index in [2.05, 4.69) is 20.5 Å². The van der Waals surface area contributed by atoms with Crippen LogP contribution in [0.15, 0.2) is 36.7 Å². The Labute approximate surface area is 106 Å². The Kier molecular flexibility index (Phi) is 3.72. The second-order valence-electron chi connectivity index (χ2n) is 4.23. The van der Waals surface area contributed by atoms with Crippen molar-refractivity contribution in [1.82, 2.24) is 20.5 Å². The average molecular weight is 244 g/mol. The van der Waals surface area contributed by atoms with Crippen LogP contribution in [0.5, 0.6) is 0 Å². The van der Waals surface area contributed by atoms with E-state index < -0.39 is 0 Å². The van der Waals surface area contributed by atoms with Crippen molar-refractivity contribution >= 4 is 5.91 Å². The van der Waals surface area contributed by atoms with Gasteiger partial charge in [-0.1, -0.05) is 30.3 Å². The number of benzene rings is 1. The Morgan fingerprint density at radius 2 is 2.00 bits per heavy atom. The van der Waals surface area contributed by atoms with Gasteiger partial charge < -0.3 is 5.32 Å². The normalized spacial score (nSPS) is 13.9. The van der Waals surface area contributed by atoms with Crippen molar-refractivity contribution in [2.75, 3.05) is 0 Å². The van der Waals surface area contributed by atoms with E-state index in [4.69, 9.17) is 0 Å². The van der Waals surface area contributed by atoms with Crippen LogP contribution >= 0.6 is 0 Å². The van der Waals surface area contributed by atoms with Gasteiger partial charge in [0.2, 0.25) is 5.91 Å². The van der Waals surface area contributed by atoms with E-state index in [9.17, 15) is 4.79 Å². The fourth-order valence-electron chi connectivity index (χ4n) is 1.72. The molecule has 5 nitrogen and oxygen atoms in total. The van der Waals surface area contributed by atoms with Gasteiger partial charge in [0.15, 0.2) is 0 Å². The van der Waals surface area contributed by atoms with Crippen molar-refractivity contribution < 1.29 is 4.79 Å². The monoisotopic (exact) mass is 244 g/mol. The van der Waals surface area contributed by atoms with Crippen LogP contribution in [0.3, 0.4) is 0 Å². The molecule has 0 aliphatic rings. The summed E-state index contributed by atoms with van der Waals surface area (Å²) in [6.45, 7) is 3.76. The zero-order valence-corrected chi connectivity index (χ0v) is 10.4. The Morgan fingerprint density at radius 1 is 1.28 bits per heavy atom. The number of aromatic nitrogens is 3. The Balaban J connectivity index is 2.00. The van der Waals surface area contributed by atoms with Crippen LogP contribution in [0, 0.1) is 0 Å². The molecular weight excluding hydrogens is 228 g/mol. The molecule has 94 valence electrons. The van der Waals surface area contributed by atoms with Crippen LogP contribution < -0.4 is 5.32 Å². The van der Waals surface area contributed by atoms with Crippen LogP contribution in [-0.4, -0.2) is 21.1 Å². The Morgan fingerprint density at radius 3 is 2.61 bits per heavy atom. The summed E-state index contributed by atoms with van der Waals surface area (Å²) in [5.74, 6) is 0.449. The molecule has 1 heterocycles. The van der Waals surface area contributed by atoms with Gasteiger partial charge in [0.05, 0.1) is 12.0 Å². The fourth-order valence-corrected chi connectivity index (χ4v) is 1.72. The van der Waals surface area contributed by atoms with Crippen molar-refractivity contribution in [3.05, 3.63) is 48.0 Å². The van der Waals surface area contributed by atoms with Crippen LogP contribution in [0.25, 0.3) is 0 Å². The van der Waals surface area contributed by atoms with Gasteiger partial charge in [0, 0.05) is 0 Å². The molecule has 2 N–H and O–H groups in total. The summed E-state index contributed by atoms with van der Waals surface area (Å²) >= 11 is 0. The van der Waals surface area contributed by atoms with E-state index in [0.29, 0.717) is 5.82 Å². The first-order valence-corrected chi connectivity index (χ1v) is 5.89. The van der Waals surface area contributed by atoms with Gasteiger partial charge in [0.1, 0.15) is 12.2 Å². The number of H-pyrrole nitrogens is 1. The molecule has 2 atom stereocenters. The molecule has 0 saturated carbocycles. The quantitative estimate of drug-likeness (QED) is 0.861. The summed E-state index contributed by atoms with van der Waals surface area (Å²) in [6, 6.07) is 9.52. The van der Waals surface area contributed by atoms with Gasteiger partial charge in [-0.25, -0.2) is 4.98 Å². The van der Waals surface area contributed by atoms with Crippen molar-refractivity contribution in [2.45, 2.75) is 25.8 Å². The highest BCUT2D eigenvalue weighted by Crippen LogP contribution is 2.16. The molecule has 2 rings (SSSR count). The molecule has 18 heavy (non-hydrogen) atoms. The summed E-state index contributed by atoms with van der Waals surface area (Å²) in [6.07, 6.45) is 1.43. The maximum absolute atomic E-state index is 12.1. The average Bonchev–Trinajstić information content (AvgIpc) is 2.92. The minimum Gasteiger partial charge on any atom is -0.346 e. The SMILES string of the molecule is CC(NC(=O)C(C)c1ccccc1)c1ncn[nH]1. The van der Waals surface area contributed by atoms with Crippen LogP contribution in [0.2, 0.25) is 0 Å². The lowest BCUT2D eigenvalue weighted by Crippen LogP contribution is -2.31. The molecule has 0 aliphatic carbocycles.